The first-order valence-corrected chi connectivity index (χ1v) is 5.27. The highest BCUT2D eigenvalue weighted by atomic mass is 15.1. The molecule has 80 valence electrons. The highest BCUT2D eigenvalue weighted by Gasteiger charge is 2.07. The van der Waals surface area contributed by atoms with Crippen molar-refractivity contribution in [3.63, 3.8) is 0 Å². The average molecular weight is 203 g/mol. The minimum absolute atomic E-state index is 0.652. The van der Waals surface area contributed by atoms with E-state index in [4.69, 9.17) is 5.73 Å². The number of benzene rings is 1. The normalized spacial score (nSPS) is 11.2. The van der Waals surface area contributed by atoms with Crippen molar-refractivity contribution < 1.29 is 0 Å². The summed E-state index contributed by atoms with van der Waals surface area (Å²) in [6.07, 6.45) is 0. The summed E-state index contributed by atoms with van der Waals surface area (Å²) in [5, 5.41) is 0. The van der Waals surface area contributed by atoms with E-state index in [1.54, 1.807) is 0 Å². The maximum atomic E-state index is 5.60. The molecule has 0 atom stereocenters. The Hall–Kier alpha value is -1.35. The SMILES string of the molecule is Cc1cc2nc(C)n(CCN)c2cc1C. The molecule has 3 heteroatoms. The fraction of sp³-hybridized carbons (Fsp3) is 0.417. The van der Waals surface area contributed by atoms with Gasteiger partial charge < -0.3 is 10.3 Å². The van der Waals surface area contributed by atoms with E-state index in [0.717, 1.165) is 17.9 Å². The molecular weight excluding hydrogens is 186 g/mol. The van der Waals surface area contributed by atoms with E-state index in [1.165, 1.54) is 16.6 Å². The molecule has 15 heavy (non-hydrogen) atoms. The monoisotopic (exact) mass is 203 g/mol. The lowest BCUT2D eigenvalue weighted by Crippen LogP contribution is -2.10. The number of hydrogen-bond donors (Lipinski definition) is 1. The van der Waals surface area contributed by atoms with Crippen molar-refractivity contribution in [1.82, 2.24) is 9.55 Å². The molecule has 0 aliphatic rings. The van der Waals surface area contributed by atoms with Gasteiger partial charge in [-0.15, -0.1) is 0 Å². The van der Waals surface area contributed by atoms with E-state index in [0.29, 0.717) is 6.54 Å². The van der Waals surface area contributed by atoms with E-state index in [2.05, 4.69) is 35.5 Å². The molecule has 0 spiro atoms. The lowest BCUT2D eigenvalue weighted by Gasteiger charge is -2.05. The van der Waals surface area contributed by atoms with Gasteiger partial charge in [0.1, 0.15) is 5.82 Å². The summed E-state index contributed by atoms with van der Waals surface area (Å²) < 4.78 is 2.18. The zero-order chi connectivity index (χ0) is 11.0. The Morgan fingerprint density at radius 1 is 1.20 bits per heavy atom. The smallest absolute Gasteiger partial charge is 0.106 e. The van der Waals surface area contributed by atoms with Crippen LogP contribution in [-0.4, -0.2) is 16.1 Å². The van der Waals surface area contributed by atoms with Gasteiger partial charge >= 0.3 is 0 Å². The predicted octanol–water partition coefficient (Wildman–Crippen LogP) is 1.92. The maximum absolute atomic E-state index is 5.60. The summed E-state index contributed by atoms with van der Waals surface area (Å²) in [5.74, 6) is 1.04. The first-order chi connectivity index (χ1) is 7.13. The molecule has 0 saturated heterocycles. The van der Waals surface area contributed by atoms with Crippen molar-refractivity contribution in [3.8, 4) is 0 Å². The third-order valence-electron chi connectivity index (χ3n) is 2.91. The highest BCUT2D eigenvalue weighted by Crippen LogP contribution is 2.20. The van der Waals surface area contributed by atoms with Gasteiger partial charge in [0.15, 0.2) is 0 Å². The van der Waals surface area contributed by atoms with Gasteiger partial charge in [0.2, 0.25) is 0 Å². The Balaban J connectivity index is 2.70. The van der Waals surface area contributed by atoms with Crippen molar-refractivity contribution in [2.45, 2.75) is 27.3 Å². The van der Waals surface area contributed by atoms with Crippen LogP contribution >= 0.6 is 0 Å². The van der Waals surface area contributed by atoms with Gasteiger partial charge in [-0.05, 0) is 44.0 Å². The highest BCUT2D eigenvalue weighted by molar-refractivity contribution is 5.78. The van der Waals surface area contributed by atoms with Gasteiger partial charge in [0.05, 0.1) is 11.0 Å². The molecule has 2 rings (SSSR count). The van der Waals surface area contributed by atoms with Gasteiger partial charge in [-0.2, -0.15) is 0 Å². The second-order valence-corrected chi connectivity index (χ2v) is 4.02. The lowest BCUT2D eigenvalue weighted by atomic mass is 10.1. The molecule has 0 unspecified atom stereocenters. The molecule has 0 amide bonds. The minimum Gasteiger partial charge on any atom is -0.329 e. The third kappa shape index (κ3) is 1.63. The summed E-state index contributed by atoms with van der Waals surface area (Å²) in [7, 11) is 0. The summed E-state index contributed by atoms with van der Waals surface area (Å²) in [5.41, 5.74) is 10.5. The Kier molecular flexibility index (Phi) is 2.49. The number of hydrogen-bond acceptors (Lipinski definition) is 2. The van der Waals surface area contributed by atoms with Crippen LogP contribution in [0.15, 0.2) is 12.1 Å². The molecule has 3 nitrogen and oxygen atoms in total. The molecular formula is C12H17N3. The van der Waals surface area contributed by atoms with Crippen LogP contribution in [0.4, 0.5) is 0 Å². The summed E-state index contributed by atoms with van der Waals surface area (Å²) in [6, 6.07) is 4.34. The number of aryl methyl sites for hydroxylation is 3. The number of nitrogens with zero attached hydrogens (tertiary/aromatic N) is 2. The molecule has 2 aromatic rings. The van der Waals surface area contributed by atoms with Crippen LogP contribution in [0.3, 0.4) is 0 Å². The fourth-order valence-corrected chi connectivity index (χ4v) is 1.91. The number of nitrogens with two attached hydrogens (primary N) is 1. The Bertz CT molecular complexity index is 497. The van der Waals surface area contributed by atoms with Crippen LogP contribution in [0.2, 0.25) is 0 Å². The van der Waals surface area contributed by atoms with E-state index in [9.17, 15) is 0 Å². The number of imidazole rings is 1. The van der Waals surface area contributed by atoms with Crippen LogP contribution < -0.4 is 5.73 Å². The molecule has 0 aliphatic carbocycles. The standard InChI is InChI=1S/C12H17N3/c1-8-6-11-12(7-9(8)2)15(5-4-13)10(3)14-11/h6-7H,4-5,13H2,1-3H3. The Labute approximate surface area is 89.9 Å². The summed E-state index contributed by atoms with van der Waals surface area (Å²) in [6.45, 7) is 7.76. The van der Waals surface area contributed by atoms with Crippen LogP contribution in [-0.2, 0) is 6.54 Å². The quantitative estimate of drug-likeness (QED) is 0.810. The van der Waals surface area contributed by atoms with Crippen LogP contribution in [0.25, 0.3) is 11.0 Å². The second-order valence-electron chi connectivity index (χ2n) is 4.02. The maximum Gasteiger partial charge on any atom is 0.106 e. The molecule has 0 fully saturated rings. The van der Waals surface area contributed by atoms with E-state index < -0.39 is 0 Å². The third-order valence-corrected chi connectivity index (χ3v) is 2.91. The zero-order valence-electron chi connectivity index (χ0n) is 9.54. The van der Waals surface area contributed by atoms with E-state index in [-0.39, 0.29) is 0 Å². The van der Waals surface area contributed by atoms with Gasteiger partial charge in [-0.25, -0.2) is 4.98 Å². The van der Waals surface area contributed by atoms with E-state index in [1.807, 2.05) is 6.92 Å². The van der Waals surface area contributed by atoms with Gasteiger partial charge in [-0.1, -0.05) is 0 Å². The predicted molar refractivity (Wildman–Crippen MR) is 63.0 cm³/mol. The largest absolute Gasteiger partial charge is 0.329 e. The topological polar surface area (TPSA) is 43.8 Å². The van der Waals surface area contributed by atoms with Gasteiger partial charge in [-0.3, -0.25) is 0 Å². The van der Waals surface area contributed by atoms with E-state index >= 15 is 0 Å². The minimum atomic E-state index is 0.652. The Morgan fingerprint density at radius 3 is 2.53 bits per heavy atom. The zero-order valence-corrected chi connectivity index (χ0v) is 9.54. The molecule has 0 saturated carbocycles. The van der Waals surface area contributed by atoms with Crippen molar-refractivity contribution in [2.75, 3.05) is 6.54 Å². The average Bonchev–Trinajstić information content (AvgIpc) is 2.46. The molecule has 1 aromatic carbocycles. The summed E-state index contributed by atoms with van der Waals surface area (Å²) >= 11 is 0. The van der Waals surface area contributed by atoms with Crippen molar-refractivity contribution in [1.29, 1.82) is 0 Å². The molecule has 0 radical (unpaired) electrons. The molecule has 1 aromatic heterocycles. The number of rotatable bonds is 2. The summed E-state index contributed by atoms with van der Waals surface area (Å²) in [4.78, 5) is 4.54. The lowest BCUT2D eigenvalue weighted by molar-refractivity contribution is 0.703. The number of aromatic nitrogens is 2. The van der Waals surface area contributed by atoms with Crippen LogP contribution in [0, 0.1) is 20.8 Å². The van der Waals surface area contributed by atoms with Gasteiger partial charge in [0, 0.05) is 13.1 Å². The molecule has 0 bridgehead atoms. The molecule has 2 N–H and O–H groups in total. The molecule has 1 heterocycles. The van der Waals surface area contributed by atoms with Crippen molar-refractivity contribution in [2.24, 2.45) is 5.73 Å². The first-order valence-electron chi connectivity index (χ1n) is 5.27. The van der Waals surface area contributed by atoms with Crippen LogP contribution in [0.5, 0.6) is 0 Å². The number of fused-ring (bicyclic) bond motifs is 1. The first kappa shape index (κ1) is 10.2. The van der Waals surface area contributed by atoms with Crippen molar-refractivity contribution in [3.05, 3.63) is 29.1 Å². The van der Waals surface area contributed by atoms with Gasteiger partial charge in [0.25, 0.3) is 0 Å². The van der Waals surface area contributed by atoms with Crippen molar-refractivity contribution >= 4 is 11.0 Å². The van der Waals surface area contributed by atoms with Crippen LogP contribution in [0.1, 0.15) is 17.0 Å². The molecule has 0 aliphatic heterocycles. The fourth-order valence-electron chi connectivity index (χ4n) is 1.91. The Morgan fingerprint density at radius 2 is 1.87 bits per heavy atom. The second kappa shape index (κ2) is 3.66.